The molecule has 2 atom stereocenters. The monoisotopic (exact) mass is 399 g/mol. The zero-order valence-corrected chi connectivity index (χ0v) is 15.3. The molecule has 0 spiro atoms. The second-order valence-corrected chi connectivity index (χ2v) is 6.48. The van der Waals surface area contributed by atoms with Crippen LogP contribution in [0.3, 0.4) is 0 Å². The molecule has 0 fully saturated rings. The molecule has 0 saturated heterocycles. The van der Waals surface area contributed by atoms with Gasteiger partial charge in [-0.05, 0) is 41.8 Å². The highest BCUT2D eigenvalue weighted by atomic mass is 35.5. The summed E-state index contributed by atoms with van der Waals surface area (Å²) in [6.45, 7) is 0.155. The number of methoxy groups -OCH3 is 1. The van der Waals surface area contributed by atoms with Crippen molar-refractivity contribution in [1.82, 2.24) is 5.32 Å². The number of hydrogen-bond donors (Lipinski definition) is 3. The number of aliphatic hydroxyl groups excluding tert-OH is 1. The van der Waals surface area contributed by atoms with E-state index in [0.717, 1.165) is 5.56 Å². The predicted molar refractivity (Wildman–Crippen MR) is 97.4 cm³/mol. The van der Waals surface area contributed by atoms with Crippen LogP contribution in [-0.4, -0.2) is 41.4 Å². The normalized spacial score (nSPS) is 13.8. The van der Waals surface area contributed by atoms with Crippen LogP contribution in [0.2, 0.25) is 5.02 Å². The number of rotatable bonds is 9. The average Bonchev–Trinajstić information content (AvgIpc) is 2.64. The van der Waals surface area contributed by atoms with Gasteiger partial charge in [0.15, 0.2) is 0 Å². The van der Waals surface area contributed by atoms with Gasteiger partial charge in [-0.3, -0.25) is 0 Å². The summed E-state index contributed by atoms with van der Waals surface area (Å²) in [5.41, 5.74) is 1.35. The zero-order valence-electron chi connectivity index (χ0n) is 14.5. The van der Waals surface area contributed by atoms with Gasteiger partial charge in [-0.2, -0.15) is 8.78 Å². The summed E-state index contributed by atoms with van der Waals surface area (Å²) >= 11 is 5.91. The Kier molecular flexibility index (Phi) is 7.12. The SMILES string of the molecule is COc1ccc(CN[C@@H](Cc2cccc(Cl)c2)C(O)C(F)(F)C(=O)O)cc1. The first kappa shape index (κ1) is 21.1. The van der Waals surface area contributed by atoms with E-state index >= 15 is 0 Å². The van der Waals surface area contributed by atoms with Crippen LogP contribution in [0.5, 0.6) is 5.75 Å². The molecule has 3 N–H and O–H groups in total. The number of ether oxygens (including phenoxy) is 1. The molecule has 0 saturated carbocycles. The molecule has 0 amide bonds. The standard InChI is InChI=1S/C19H20ClF2NO4/c1-27-15-7-5-12(6-8-15)11-23-16(17(24)19(21,22)18(25)26)10-13-3-2-4-14(20)9-13/h2-9,16-17,23-24H,10-11H2,1H3,(H,25,26)/t16-,17?/m0/s1. The van der Waals surface area contributed by atoms with Gasteiger partial charge in [0.05, 0.1) is 7.11 Å². The molecule has 0 aliphatic rings. The minimum absolute atomic E-state index is 0.0270. The molecule has 0 aliphatic carbocycles. The molecule has 2 aromatic carbocycles. The van der Waals surface area contributed by atoms with Gasteiger partial charge in [0.2, 0.25) is 0 Å². The molecule has 1 unspecified atom stereocenters. The fourth-order valence-corrected chi connectivity index (χ4v) is 2.80. The van der Waals surface area contributed by atoms with Crippen LogP contribution in [0, 0.1) is 0 Å². The van der Waals surface area contributed by atoms with E-state index in [0.29, 0.717) is 16.3 Å². The van der Waals surface area contributed by atoms with E-state index in [1.807, 2.05) is 0 Å². The Hall–Kier alpha value is -2.22. The number of halogens is 3. The predicted octanol–water partition coefficient (Wildman–Crippen LogP) is 3.13. The minimum Gasteiger partial charge on any atom is -0.497 e. The lowest BCUT2D eigenvalue weighted by Gasteiger charge is -2.28. The third-order valence-electron chi connectivity index (χ3n) is 4.11. The van der Waals surface area contributed by atoms with Crippen LogP contribution < -0.4 is 10.1 Å². The third kappa shape index (κ3) is 5.63. The van der Waals surface area contributed by atoms with E-state index in [1.165, 1.54) is 7.11 Å². The number of hydrogen-bond acceptors (Lipinski definition) is 4. The Morgan fingerprint density at radius 1 is 1.22 bits per heavy atom. The highest BCUT2D eigenvalue weighted by Gasteiger charge is 2.50. The van der Waals surface area contributed by atoms with Crippen molar-refractivity contribution in [1.29, 1.82) is 0 Å². The van der Waals surface area contributed by atoms with E-state index in [9.17, 15) is 18.7 Å². The molecule has 2 rings (SSSR count). The molecule has 0 aliphatic heterocycles. The highest BCUT2D eigenvalue weighted by molar-refractivity contribution is 6.30. The quantitative estimate of drug-likeness (QED) is 0.603. The third-order valence-corrected chi connectivity index (χ3v) is 4.34. The number of alkyl halides is 2. The van der Waals surface area contributed by atoms with E-state index in [-0.39, 0.29) is 13.0 Å². The number of benzene rings is 2. The molecule has 0 aromatic heterocycles. The van der Waals surface area contributed by atoms with Gasteiger partial charge >= 0.3 is 11.9 Å². The number of carbonyl (C=O) groups is 1. The average molecular weight is 400 g/mol. The van der Waals surface area contributed by atoms with Crippen molar-refractivity contribution in [2.75, 3.05) is 7.11 Å². The lowest BCUT2D eigenvalue weighted by Crippen LogP contribution is -2.54. The van der Waals surface area contributed by atoms with Crippen molar-refractivity contribution in [3.05, 3.63) is 64.7 Å². The van der Waals surface area contributed by atoms with Crippen LogP contribution in [0.25, 0.3) is 0 Å². The van der Waals surface area contributed by atoms with Crippen molar-refractivity contribution < 1.29 is 28.5 Å². The zero-order chi connectivity index (χ0) is 20.0. The van der Waals surface area contributed by atoms with Crippen molar-refractivity contribution in [2.24, 2.45) is 0 Å². The molecule has 0 heterocycles. The molecule has 8 heteroatoms. The topological polar surface area (TPSA) is 78.8 Å². The van der Waals surface area contributed by atoms with E-state index in [2.05, 4.69) is 5.32 Å². The molecular formula is C19H20ClF2NO4. The van der Waals surface area contributed by atoms with Crippen LogP contribution in [-0.2, 0) is 17.8 Å². The first-order chi connectivity index (χ1) is 12.7. The van der Waals surface area contributed by atoms with Gasteiger partial charge in [-0.15, -0.1) is 0 Å². The number of nitrogens with one attached hydrogen (secondary N) is 1. The second kappa shape index (κ2) is 9.12. The Morgan fingerprint density at radius 2 is 1.89 bits per heavy atom. The van der Waals surface area contributed by atoms with E-state index < -0.39 is 24.0 Å². The van der Waals surface area contributed by atoms with Gasteiger partial charge in [0.25, 0.3) is 0 Å². The Labute approximate surface area is 160 Å². The van der Waals surface area contributed by atoms with Crippen LogP contribution in [0.4, 0.5) is 8.78 Å². The number of carboxylic acid groups (broad SMARTS) is 1. The fraction of sp³-hybridized carbons (Fsp3) is 0.316. The van der Waals surface area contributed by atoms with Crippen LogP contribution in [0.1, 0.15) is 11.1 Å². The number of aliphatic hydroxyl groups is 1. The van der Waals surface area contributed by atoms with E-state index in [1.54, 1.807) is 48.5 Å². The van der Waals surface area contributed by atoms with Gasteiger partial charge in [0.1, 0.15) is 11.9 Å². The summed E-state index contributed by atoms with van der Waals surface area (Å²) in [5.74, 6) is -6.03. The summed E-state index contributed by atoms with van der Waals surface area (Å²) in [6, 6.07) is 12.2. The molecule has 2 aromatic rings. The Morgan fingerprint density at radius 3 is 2.44 bits per heavy atom. The summed E-state index contributed by atoms with van der Waals surface area (Å²) < 4.78 is 32.8. The van der Waals surface area contributed by atoms with Gasteiger partial charge < -0.3 is 20.3 Å². The Balaban J connectivity index is 2.18. The summed E-state index contributed by atoms with van der Waals surface area (Å²) in [5, 5.41) is 22.0. The lowest BCUT2D eigenvalue weighted by molar-refractivity contribution is -0.185. The first-order valence-electron chi connectivity index (χ1n) is 8.14. The maximum absolute atomic E-state index is 13.9. The summed E-state index contributed by atoms with van der Waals surface area (Å²) in [4.78, 5) is 10.8. The maximum Gasteiger partial charge on any atom is 0.377 e. The molecular weight excluding hydrogens is 380 g/mol. The van der Waals surface area contributed by atoms with Crippen LogP contribution >= 0.6 is 11.6 Å². The smallest absolute Gasteiger partial charge is 0.377 e. The maximum atomic E-state index is 13.9. The summed E-state index contributed by atoms with van der Waals surface area (Å²) in [6.07, 6.45) is -2.45. The molecule has 0 radical (unpaired) electrons. The summed E-state index contributed by atoms with van der Waals surface area (Å²) in [7, 11) is 1.53. The number of carboxylic acids is 1. The molecule has 146 valence electrons. The molecule has 0 bridgehead atoms. The van der Waals surface area contributed by atoms with Crippen molar-refractivity contribution in [2.45, 2.75) is 31.0 Å². The number of aliphatic carboxylic acids is 1. The minimum atomic E-state index is -4.30. The van der Waals surface area contributed by atoms with E-state index in [4.69, 9.17) is 21.4 Å². The first-order valence-corrected chi connectivity index (χ1v) is 8.52. The van der Waals surface area contributed by atoms with Crippen molar-refractivity contribution >= 4 is 17.6 Å². The van der Waals surface area contributed by atoms with Gasteiger partial charge in [-0.25, -0.2) is 4.79 Å². The van der Waals surface area contributed by atoms with Gasteiger partial charge in [-0.1, -0.05) is 35.9 Å². The van der Waals surface area contributed by atoms with Crippen LogP contribution in [0.15, 0.2) is 48.5 Å². The highest BCUT2D eigenvalue weighted by Crippen LogP contribution is 2.24. The lowest BCUT2D eigenvalue weighted by atomic mass is 9.96. The fourth-order valence-electron chi connectivity index (χ4n) is 2.58. The second-order valence-electron chi connectivity index (χ2n) is 6.04. The molecule has 5 nitrogen and oxygen atoms in total. The van der Waals surface area contributed by atoms with Crippen molar-refractivity contribution in [3.63, 3.8) is 0 Å². The van der Waals surface area contributed by atoms with Gasteiger partial charge in [0, 0.05) is 17.6 Å². The van der Waals surface area contributed by atoms with Crippen molar-refractivity contribution in [3.8, 4) is 5.75 Å². The molecule has 27 heavy (non-hydrogen) atoms. The Bertz CT molecular complexity index is 771. The largest absolute Gasteiger partial charge is 0.497 e.